The summed E-state index contributed by atoms with van der Waals surface area (Å²) in [5.41, 5.74) is 0. The van der Waals surface area contributed by atoms with Gasteiger partial charge in [0.15, 0.2) is 0 Å². The molecule has 11 heteroatoms. The van der Waals surface area contributed by atoms with Crippen LogP contribution in [0.25, 0.3) is 10.8 Å². The van der Waals surface area contributed by atoms with Crippen molar-refractivity contribution in [2.45, 2.75) is 0 Å². The van der Waals surface area contributed by atoms with E-state index in [1.54, 1.807) is 0 Å². The van der Waals surface area contributed by atoms with Crippen LogP contribution in [0.3, 0.4) is 0 Å². The Morgan fingerprint density at radius 1 is 0.810 bits per heavy atom. The van der Waals surface area contributed by atoms with Gasteiger partial charge in [-0.1, -0.05) is 0 Å². The first kappa shape index (κ1) is 15.3. The Labute approximate surface area is 119 Å². The van der Waals surface area contributed by atoms with Crippen molar-refractivity contribution in [3.05, 3.63) is 30.3 Å². The van der Waals surface area contributed by atoms with Gasteiger partial charge in [-0.05, 0) is 29.7 Å². The Kier molecular flexibility index (Phi) is 3.67. The topological polar surface area (TPSA) is 147 Å². The Balaban J connectivity index is 2.54. The Hall–Kier alpha value is -2.08. The van der Waals surface area contributed by atoms with Crippen molar-refractivity contribution in [2.24, 2.45) is 0 Å². The molecule has 0 aliphatic carbocycles. The summed E-state index contributed by atoms with van der Waals surface area (Å²) in [5.74, 6) is -1.04. The summed E-state index contributed by atoms with van der Waals surface area (Å²) in [6.45, 7) is 0. The second kappa shape index (κ2) is 5.04. The van der Waals surface area contributed by atoms with Crippen molar-refractivity contribution in [1.82, 2.24) is 0 Å². The SMILES string of the molecule is O=S(=O)(O)Oc1ccc2c(O)cc(OS(=O)(=O)O)cc2c1. The largest absolute Gasteiger partial charge is 0.507 e. The van der Waals surface area contributed by atoms with Crippen molar-refractivity contribution in [3.63, 3.8) is 0 Å². The van der Waals surface area contributed by atoms with Crippen molar-refractivity contribution < 1.29 is 39.4 Å². The van der Waals surface area contributed by atoms with Crippen LogP contribution in [-0.2, 0) is 20.8 Å². The lowest BCUT2D eigenvalue weighted by atomic mass is 10.1. The molecule has 0 aromatic heterocycles. The molecule has 2 aromatic rings. The van der Waals surface area contributed by atoms with Gasteiger partial charge in [-0.3, -0.25) is 9.11 Å². The van der Waals surface area contributed by atoms with E-state index >= 15 is 0 Å². The second-order valence-corrected chi connectivity index (χ2v) is 5.89. The van der Waals surface area contributed by atoms with Gasteiger partial charge in [0.1, 0.15) is 17.2 Å². The smallest absolute Gasteiger partial charge is 0.446 e. The third kappa shape index (κ3) is 4.19. The van der Waals surface area contributed by atoms with Crippen LogP contribution in [0.4, 0.5) is 0 Å². The molecule has 0 aliphatic heterocycles. The minimum absolute atomic E-state index is 0.148. The minimum atomic E-state index is -4.78. The first-order valence-corrected chi connectivity index (χ1v) is 7.87. The second-order valence-electron chi connectivity index (χ2n) is 3.85. The lowest BCUT2D eigenvalue weighted by Crippen LogP contribution is -2.07. The van der Waals surface area contributed by atoms with E-state index in [9.17, 15) is 21.9 Å². The first-order chi connectivity index (χ1) is 9.53. The predicted octanol–water partition coefficient (Wildman–Crippen LogP) is 0.909. The van der Waals surface area contributed by atoms with E-state index in [1.165, 1.54) is 12.1 Å². The van der Waals surface area contributed by atoms with Crippen LogP contribution < -0.4 is 8.37 Å². The van der Waals surface area contributed by atoms with Gasteiger partial charge in [0.2, 0.25) is 0 Å². The average molecular weight is 336 g/mol. The zero-order valence-electron chi connectivity index (χ0n) is 9.99. The molecule has 0 fully saturated rings. The molecule has 0 spiro atoms. The quantitative estimate of drug-likeness (QED) is 0.693. The summed E-state index contributed by atoms with van der Waals surface area (Å²) in [6.07, 6.45) is 0. The fourth-order valence-electron chi connectivity index (χ4n) is 1.64. The first-order valence-electron chi connectivity index (χ1n) is 5.14. The maximum atomic E-state index is 10.6. The number of phenols is 1. The Morgan fingerprint density at radius 2 is 1.33 bits per heavy atom. The molecule has 9 nitrogen and oxygen atoms in total. The molecular weight excluding hydrogens is 328 g/mol. The summed E-state index contributed by atoms with van der Waals surface area (Å²) in [4.78, 5) is 0. The van der Waals surface area contributed by atoms with Crippen LogP contribution in [0.5, 0.6) is 17.2 Å². The van der Waals surface area contributed by atoms with Crippen molar-refractivity contribution in [1.29, 1.82) is 0 Å². The highest BCUT2D eigenvalue weighted by atomic mass is 32.3. The Bertz CT molecular complexity index is 894. The molecule has 0 bridgehead atoms. The predicted molar refractivity (Wildman–Crippen MR) is 70.0 cm³/mol. The van der Waals surface area contributed by atoms with Crippen LogP contribution in [0, 0.1) is 0 Å². The van der Waals surface area contributed by atoms with Crippen molar-refractivity contribution in [2.75, 3.05) is 0 Å². The van der Waals surface area contributed by atoms with Crippen molar-refractivity contribution >= 4 is 31.6 Å². The third-order valence-corrected chi connectivity index (χ3v) is 3.08. The van der Waals surface area contributed by atoms with Gasteiger partial charge in [-0.15, -0.1) is 0 Å². The Morgan fingerprint density at radius 3 is 1.90 bits per heavy atom. The number of rotatable bonds is 4. The van der Waals surface area contributed by atoms with E-state index < -0.39 is 26.5 Å². The van der Waals surface area contributed by atoms with Gasteiger partial charge in [-0.2, -0.15) is 16.8 Å². The fourth-order valence-corrected chi connectivity index (χ4v) is 2.33. The maximum Gasteiger partial charge on any atom is 0.446 e. The van der Waals surface area contributed by atoms with Gasteiger partial charge in [0, 0.05) is 11.5 Å². The van der Waals surface area contributed by atoms with Gasteiger partial charge in [0.25, 0.3) is 0 Å². The van der Waals surface area contributed by atoms with E-state index in [0.717, 1.165) is 18.2 Å². The highest BCUT2D eigenvalue weighted by Gasteiger charge is 2.13. The molecule has 2 aromatic carbocycles. The zero-order valence-corrected chi connectivity index (χ0v) is 11.6. The van der Waals surface area contributed by atoms with Gasteiger partial charge < -0.3 is 13.5 Å². The number of hydrogen-bond donors (Lipinski definition) is 3. The van der Waals surface area contributed by atoms with E-state index in [-0.39, 0.29) is 22.3 Å². The molecule has 0 radical (unpaired) electrons. The lowest BCUT2D eigenvalue weighted by Gasteiger charge is -2.07. The number of fused-ring (bicyclic) bond motifs is 1. The van der Waals surface area contributed by atoms with E-state index in [0.29, 0.717) is 0 Å². The summed E-state index contributed by atoms with van der Waals surface area (Å²) in [7, 11) is -9.50. The maximum absolute atomic E-state index is 10.6. The van der Waals surface area contributed by atoms with Crippen molar-refractivity contribution in [3.8, 4) is 17.2 Å². The average Bonchev–Trinajstić information content (AvgIpc) is 2.23. The molecule has 3 N–H and O–H groups in total. The van der Waals surface area contributed by atoms with Gasteiger partial charge in [-0.25, -0.2) is 0 Å². The number of benzene rings is 2. The van der Waals surface area contributed by atoms with Crippen LogP contribution in [0.2, 0.25) is 0 Å². The number of phenolic OH excluding ortho intramolecular Hbond substituents is 1. The highest BCUT2D eigenvalue weighted by molar-refractivity contribution is 7.81. The van der Waals surface area contributed by atoms with E-state index in [1.807, 2.05) is 0 Å². The fraction of sp³-hybridized carbons (Fsp3) is 0. The monoisotopic (exact) mass is 336 g/mol. The molecule has 2 rings (SSSR count). The standard InChI is InChI=1S/C10H8O9S2/c11-10-5-8(19-21(15,16)17)4-6-3-7(1-2-9(6)10)18-20(12,13)14/h1-5,11H,(H,12,13,14)(H,15,16,17). The summed E-state index contributed by atoms with van der Waals surface area (Å²) >= 11 is 0. The zero-order chi connectivity index (χ0) is 15.8. The van der Waals surface area contributed by atoms with Gasteiger partial charge >= 0.3 is 20.8 Å². The van der Waals surface area contributed by atoms with Gasteiger partial charge in [0.05, 0.1) is 0 Å². The molecular formula is C10H8O9S2. The number of hydrogen-bond acceptors (Lipinski definition) is 7. The molecule has 21 heavy (non-hydrogen) atoms. The normalized spacial score (nSPS) is 12.3. The molecule has 0 heterocycles. The molecule has 0 unspecified atom stereocenters. The van der Waals surface area contributed by atoms with E-state index in [4.69, 9.17) is 9.11 Å². The third-order valence-electron chi connectivity index (χ3n) is 2.28. The number of aromatic hydroxyl groups is 1. The summed E-state index contributed by atoms with van der Waals surface area (Å²) in [6, 6.07) is 5.61. The molecule has 0 saturated heterocycles. The van der Waals surface area contributed by atoms with Crippen LogP contribution in [0.1, 0.15) is 0 Å². The lowest BCUT2D eigenvalue weighted by molar-refractivity contribution is 0.384. The van der Waals surface area contributed by atoms with Crippen LogP contribution in [0.15, 0.2) is 30.3 Å². The summed E-state index contributed by atoms with van der Waals surface area (Å²) < 4.78 is 68.0. The minimum Gasteiger partial charge on any atom is -0.507 e. The molecule has 114 valence electrons. The highest BCUT2D eigenvalue weighted by Crippen LogP contribution is 2.33. The molecule has 0 atom stereocenters. The molecule has 0 saturated carbocycles. The molecule has 0 aliphatic rings. The van der Waals surface area contributed by atoms with E-state index in [2.05, 4.69) is 8.37 Å². The van der Waals surface area contributed by atoms with Crippen LogP contribution in [-0.4, -0.2) is 31.0 Å². The van der Waals surface area contributed by atoms with Crippen LogP contribution >= 0.6 is 0 Å². The summed E-state index contributed by atoms with van der Waals surface area (Å²) in [5, 5.41) is 10.1. The molecule has 0 amide bonds.